The molecule has 3 rings (SSSR count). The second kappa shape index (κ2) is 5.00. The summed E-state index contributed by atoms with van der Waals surface area (Å²) in [5.41, 5.74) is -1.42. The normalized spacial score (nSPS) is 30.1. The van der Waals surface area contributed by atoms with Gasteiger partial charge in [0.25, 0.3) is 5.56 Å². The number of hydrogen-bond acceptors (Lipinski definition) is 5. The van der Waals surface area contributed by atoms with Crippen LogP contribution < -0.4 is 11.2 Å². The predicted octanol–water partition coefficient (Wildman–Crippen LogP) is -0.407. The lowest BCUT2D eigenvalue weighted by Crippen LogP contribution is -2.33. The molecular weight excluding hydrogens is 315 g/mol. The van der Waals surface area contributed by atoms with Crippen LogP contribution in [0.1, 0.15) is 18.2 Å². The van der Waals surface area contributed by atoms with E-state index in [2.05, 4.69) is 4.98 Å². The zero-order valence-corrected chi connectivity index (χ0v) is 12.5. The van der Waals surface area contributed by atoms with E-state index in [-0.39, 0.29) is 0 Å². The second-order valence-corrected chi connectivity index (χ2v) is 7.04. The first-order valence-corrected chi connectivity index (χ1v) is 8.35. The van der Waals surface area contributed by atoms with Gasteiger partial charge in [-0.2, -0.15) is 0 Å². The molecule has 0 aromatic carbocycles. The van der Waals surface area contributed by atoms with Crippen molar-refractivity contribution in [3.8, 4) is 0 Å². The number of nitrogens with one attached hydrogen (secondary N) is 1. The van der Waals surface area contributed by atoms with Crippen LogP contribution in [-0.4, -0.2) is 37.4 Å². The van der Waals surface area contributed by atoms with Gasteiger partial charge in [0.15, 0.2) is 6.23 Å². The Kier molecular flexibility index (Phi) is 3.50. The van der Waals surface area contributed by atoms with Crippen LogP contribution >= 0.6 is 7.60 Å². The van der Waals surface area contributed by atoms with Crippen molar-refractivity contribution >= 4 is 7.60 Å². The van der Waals surface area contributed by atoms with Crippen LogP contribution in [0.3, 0.4) is 0 Å². The van der Waals surface area contributed by atoms with Gasteiger partial charge >= 0.3 is 13.3 Å². The molecule has 0 bridgehead atoms. The number of nitrogens with zero attached hydrogens (tertiary/aromatic N) is 1. The Bertz CT molecular complexity index is 791. The third-order valence-electron chi connectivity index (χ3n) is 3.64. The molecule has 0 radical (unpaired) electrons. The van der Waals surface area contributed by atoms with Crippen molar-refractivity contribution in [1.82, 2.24) is 9.55 Å². The molecule has 2 heterocycles. The maximum Gasteiger partial charge on any atom is 0.350 e. The van der Waals surface area contributed by atoms with Gasteiger partial charge in [0.2, 0.25) is 0 Å². The van der Waals surface area contributed by atoms with Gasteiger partial charge in [-0.3, -0.25) is 18.9 Å². The van der Waals surface area contributed by atoms with Gasteiger partial charge in [-0.05, 0) is 19.1 Å². The van der Waals surface area contributed by atoms with E-state index in [0.29, 0.717) is 12.0 Å². The van der Waals surface area contributed by atoms with Gasteiger partial charge in [-0.25, -0.2) is 4.79 Å². The summed E-state index contributed by atoms with van der Waals surface area (Å²) < 4.78 is 22.9. The van der Waals surface area contributed by atoms with Gasteiger partial charge < -0.3 is 19.3 Å². The Morgan fingerprint density at radius 2 is 2.27 bits per heavy atom. The van der Waals surface area contributed by atoms with E-state index < -0.39 is 43.1 Å². The summed E-state index contributed by atoms with van der Waals surface area (Å²) >= 11 is 0. The fraction of sp³-hybridized carbons (Fsp3) is 0.500. The summed E-state index contributed by atoms with van der Waals surface area (Å²) in [5, 5.41) is 0. The van der Waals surface area contributed by atoms with Gasteiger partial charge in [0, 0.05) is 18.2 Å². The predicted molar refractivity (Wildman–Crippen MR) is 74.5 cm³/mol. The van der Waals surface area contributed by atoms with Gasteiger partial charge in [0.1, 0.15) is 11.9 Å². The van der Waals surface area contributed by atoms with Crippen molar-refractivity contribution in [1.29, 1.82) is 0 Å². The minimum absolute atomic E-state index is 0.377. The summed E-state index contributed by atoms with van der Waals surface area (Å²) in [6.45, 7) is 1.58. The molecule has 2 aliphatic rings. The van der Waals surface area contributed by atoms with Crippen LogP contribution in [0.5, 0.6) is 0 Å². The van der Waals surface area contributed by atoms with E-state index in [4.69, 9.17) is 19.3 Å². The van der Waals surface area contributed by atoms with Crippen molar-refractivity contribution < 1.29 is 23.8 Å². The fourth-order valence-corrected chi connectivity index (χ4v) is 2.76. The Morgan fingerprint density at radius 1 is 1.55 bits per heavy atom. The van der Waals surface area contributed by atoms with Gasteiger partial charge in [-0.1, -0.05) is 0 Å². The molecule has 120 valence electrons. The molecule has 1 aliphatic heterocycles. The number of hydrogen-bond donors (Lipinski definition) is 3. The van der Waals surface area contributed by atoms with Crippen LogP contribution in [0.15, 0.2) is 27.9 Å². The molecular formula is C12H15N2O7P. The maximum absolute atomic E-state index is 11.8. The second-order valence-electron chi connectivity index (χ2n) is 5.45. The average molecular weight is 330 g/mol. The maximum atomic E-state index is 11.8. The van der Waals surface area contributed by atoms with E-state index in [1.165, 1.54) is 10.8 Å². The summed E-state index contributed by atoms with van der Waals surface area (Å²) in [5.74, 6) is 0. The molecule has 3 N–H and O–H groups in total. The highest BCUT2D eigenvalue weighted by Crippen LogP contribution is 2.51. The van der Waals surface area contributed by atoms with E-state index >= 15 is 0 Å². The lowest BCUT2D eigenvalue weighted by molar-refractivity contribution is -0.0322. The van der Waals surface area contributed by atoms with Crippen LogP contribution in [0.2, 0.25) is 0 Å². The molecule has 1 aromatic heterocycles. The smallest absolute Gasteiger partial charge is 0.350 e. The van der Waals surface area contributed by atoms with Crippen LogP contribution in [0.25, 0.3) is 0 Å². The molecule has 10 heteroatoms. The van der Waals surface area contributed by atoms with E-state index in [1.54, 1.807) is 19.1 Å². The third kappa shape index (κ3) is 2.86. The molecule has 9 nitrogen and oxygen atoms in total. The summed E-state index contributed by atoms with van der Waals surface area (Å²) in [4.78, 5) is 42.9. The zero-order chi connectivity index (χ0) is 16.1. The average Bonchev–Trinajstić information content (AvgIpc) is 2.90. The van der Waals surface area contributed by atoms with Crippen LogP contribution in [-0.2, 0) is 14.0 Å². The summed E-state index contributed by atoms with van der Waals surface area (Å²) in [6, 6.07) is 0. The molecule has 0 amide bonds. The molecule has 1 aliphatic carbocycles. The number of ether oxygens (including phenoxy) is 2. The van der Waals surface area contributed by atoms with Crippen molar-refractivity contribution in [2.45, 2.75) is 31.3 Å². The van der Waals surface area contributed by atoms with E-state index in [9.17, 15) is 14.2 Å². The summed E-state index contributed by atoms with van der Waals surface area (Å²) in [7, 11) is -4.23. The quantitative estimate of drug-likeness (QED) is 0.505. The van der Waals surface area contributed by atoms with Crippen molar-refractivity contribution in [2.75, 3.05) is 6.35 Å². The van der Waals surface area contributed by atoms with Gasteiger partial charge in [-0.15, -0.1) is 0 Å². The van der Waals surface area contributed by atoms with E-state index in [1.807, 2.05) is 0 Å². The van der Waals surface area contributed by atoms with Crippen molar-refractivity contribution in [3.63, 3.8) is 0 Å². The standard InChI is InChI=1S/C12H15N2O7P/c1-7-5-14(11(16)13-10(7)15)9-2-3-12(21-9)4-8(12)20-6-22(17,18)19/h2-3,5,8-9H,4,6H2,1H3,(H,13,15,16)(H2,17,18,19)/t8?,9-,12?/m1/s1. The lowest BCUT2D eigenvalue weighted by atomic mass is 10.3. The van der Waals surface area contributed by atoms with Crippen molar-refractivity contribution in [2.24, 2.45) is 0 Å². The first kappa shape index (κ1) is 15.4. The van der Waals surface area contributed by atoms with E-state index in [0.717, 1.165) is 0 Å². The zero-order valence-electron chi connectivity index (χ0n) is 11.6. The highest BCUT2D eigenvalue weighted by atomic mass is 31.2. The minimum atomic E-state index is -4.23. The molecule has 1 spiro atoms. The molecule has 1 saturated carbocycles. The Hall–Kier alpha value is -1.51. The number of aromatic nitrogens is 2. The third-order valence-corrected chi connectivity index (χ3v) is 4.12. The number of aryl methyl sites for hydroxylation is 1. The lowest BCUT2D eigenvalue weighted by Gasteiger charge is -2.16. The molecule has 0 saturated heterocycles. The Labute approximate surface area is 124 Å². The fourth-order valence-electron chi connectivity index (χ4n) is 2.39. The SMILES string of the molecule is Cc1cn([C@H]2C=CC3(CC3OCP(=O)(O)O)O2)c(=O)[nH]c1=O. The molecule has 1 fully saturated rings. The first-order valence-electron chi connectivity index (χ1n) is 6.56. The highest BCUT2D eigenvalue weighted by Gasteiger charge is 2.59. The van der Waals surface area contributed by atoms with Crippen molar-refractivity contribution in [3.05, 3.63) is 44.8 Å². The molecule has 1 aromatic rings. The van der Waals surface area contributed by atoms with Gasteiger partial charge in [0.05, 0.1) is 6.10 Å². The molecule has 22 heavy (non-hydrogen) atoms. The highest BCUT2D eigenvalue weighted by molar-refractivity contribution is 7.51. The topological polar surface area (TPSA) is 131 Å². The largest absolute Gasteiger partial charge is 0.362 e. The molecule has 3 atom stereocenters. The Morgan fingerprint density at radius 3 is 2.95 bits per heavy atom. The number of H-pyrrole nitrogens is 1. The molecule has 2 unspecified atom stereocenters. The van der Waals surface area contributed by atoms with Crippen LogP contribution in [0.4, 0.5) is 0 Å². The first-order chi connectivity index (χ1) is 10.2. The number of rotatable bonds is 4. The minimum Gasteiger partial charge on any atom is -0.362 e. The number of aromatic amines is 1. The Balaban J connectivity index is 1.71. The summed E-state index contributed by atoms with van der Waals surface area (Å²) in [6.07, 6.45) is 3.42. The monoisotopic (exact) mass is 330 g/mol. The van der Waals surface area contributed by atoms with Crippen LogP contribution in [0, 0.1) is 6.92 Å².